The van der Waals surface area contributed by atoms with Crippen molar-refractivity contribution in [2.24, 2.45) is 0 Å². The van der Waals surface area contributed by atoms with Gasteiger partial charge in [0.05, 0.1) is 17.5 Å². The highest BCUT2D eigenvalue weighted by Gasteiger charge is 2.31. The Morgan fingerprint density at radius 3 is 2.80 bits per heavy atom. The van der Waals surface area contributed by atoms with E-state index in [1.807, 2.05) is 0 Å². The third-order valence-electron chi connectivity index (χ3n) is 4.03. The van der Waals surface area contributed by atoms with Crippen LogP contribution < -0.4 is 10.1 Å². The molecule has 0 aromatic carbocycles. The molecule has 2 rings (SSSR count). The predicted octanol–water partition coefficient (Wildman–Crippen LogP) is 1.11. The molecule has 0 bridgehead atoms. The summed E-state index contributed by atoms with van der Waals surface area (Å²) < 4.78 is 17.5. The molecule has 140 valence electrons. The van der Waals surface area contributed by atoms with Crippen molar-refractivity contribution >= 4 is 11.8 Å². The standard InChI is InChI=1S/C14H22N4O7/c1-9-12(18(21)22)13(16-17(9)10-3-5-24-6-4-10)25-8-11(23-2)7-15-14(19)20/h10-11,15H,3-8H2,1-2H3,(H,19,20). The summed E-state index contributed by atoms with van der Waals surface area (Å²) in [6.07, 6.45) is -0.332. The maximum absolute atomic E-state index is 11.4. The fourth-order valence-electron chi connectivity index (χ4n) is 2.66. The van der Waals surface area contributed by atoms with Crippen LogP contribution in [0.4, 0.5) is 10.5 Å². The van der Waals surface area contributed by atoms with E-state index in [1.54, 1.807) is 11.6 Å². The minimum absolute atomic E-state index is 0.000709. The molecule has 25 heavy (non-hydrogen) atoms. The number of carbonyl (C=O) groups is 1. The lowest BCUT2D eigenvalue weighted by atomic mass is 10.1. The van der Waals surface area contributed by atoms with Gasteiger partial charge in [-0.2, -0.15) is 0 Å². The molecule has 1 atom stereocenters. The number of nitrogens with one attached hydrogen (secondary N) is 1. The monoisotopic (exact) mass is 358 g/mol. The number of hydrogen-bond acceptors (Lipinski definition) is 7. The first kappa shape index (κ1) is 18.9. The minimum Gasteiger partial charge on any atom is -0.469 e. The SMILES string of the molecule is COC(CNC(=O)O)COc1nn(C2CCOCC2)c(C)c1[N+](=O)[O-]. The number of nitro groups is 1. The van der Waals surface area contributed by atoms with Crippen LogP contribution >= 0.6 is 0 Å². The number of ether oxygens (including phenoxy) is 3. The zero-order valence-corrected chi connectivity index (χ0v) is 14.1. The second-order valence-corrected chi connectivity index (χ2v) is 5.64. The third kappa shape index (κ3) is 4.79. The van der Waals surface area contributed by atoms with Gasteiger partial charge in [0.2, 0.25) is 0 Å². The number of methoxy groups -OCH3 is 1. The highest BCUT2D eigenvalue weighted by molar-refractivity contribution is 5.64. The minimum atomic E-state index is -1.19. The van der Waals surface area contributed by atoms with Crippen LogP contribution in [0.5, 0.6) is 5.88 Å². The number of amides is 1. The van der Waals surface area contributed by atoms with E-state index in [0.29, 0.717) is 18.9 Å². The van der Waals surface area contributed by atoms with E-state index in [4.69, 9.17) is 19.3 Å². The van der Waals surface area contributed by atoms with Crippen LogP contribution in [0.3, 0.4) is 0 Å². The molecule has 11 heteroatoms. The summed E-state index contributed by atoms with van der Waals surface area (Å²) in [5.41, 5.74) is 0.233. The maximum atomic E-state index is 11.4. The molecule has 11 nitrogen and oxygen atoms in total. The van der Waals surface area contributed by atoms with Gasteiger partial charge in [-0.3, -0.25) is 14.8 Å². The van der Waals surface area contributed by atoms with Gasteiger partial charge in [0.1, 0.15) is 18.4 Å². The molecule has 1 aliphatic rings. The van der Waals surface area contributed by atoms with E-state index < -0.39 is 17.1 Å². The van der Waals surface area contributed by atoms with Crippen molar-refractivity contribution in [3.8, 4) is 5.88 Å². The largest absolute Gasteiger partial charge is 0.469 e. The predicted molar refractivity (Wildman–Crippen MR) is 85.0 cm³/mol. The quantitative estimate of drug-likeness (QED) is 0.520. The summed E-state index contributed by atoms with van der Waals surface area (Å²) in [4.78, 5) is 21.4. The molecule has 0 spiro atoms. The van der Waals surface area contributed by atoms with Crippen LogP contribution in [0.15, 0.2) is 0 Å². The fourth-order valence-corrected chi connectivity index (χ4v) is 2.66. The van der Waals surface area contributed by atoms with Gasteiger partial charge in [0.15, 0.2) is 0 Å². The van der Waals surface area contributed by atoms with Crippen molar-refractivity contribution in [1.82, 2.24) is 15.1 Å². The summed E-state index contributed by atoms with van der Waals surface area (Å²) in [5.74, 6) is -0.0913. The number of hydrogen-bond donors (Lipinski definition) is 2. The molecule has 2 heterocycles. The summed E-state index contributed by atoms with van der Waals surface area (Å²) in [6.45, 7) is 2.73. The van der Waals surface area contributed by atoms with Crippen molar-refractivity contribution in [3.63, 3.8) is 0 Å². The van der Waals surface area contributed by atoms with Gasteiger partial charge in [-0.1, -0.05) is 0 Å². The summed E-state index contributed by atoms with van der Waals surface area (Å²) >= 11 is 0. The van der Waals surface area contributed by atoms with Gasteiger partial charge in [0, 0.05) is 20.3 Å². The maximum Gasteiger partial charge on any atom is 0.404 e. The first-order valence-corrected chi connectivity index (χ1v) is 7.87. The normalized spacial score (nSPS) is 16.4. The van der Waals surface area contributed by atoms with Crippen LogP contribution in [0.1, 0.15) is 24.6 Å². The molecule has 0 radical (unpaired) electrons. The molecule has 0 saturated carbocycles. The van der Waals surface area contributed by atoms with Crippen LogP contribution in [0.25, 0.3) is 0 Å². The molecular weight excluding hydrogens is 336 g/mol. The molecule has 2 N–H and O–H groups in total. The van der Waals surface area contributed by atoms with Crippen LogP contribution in [0.2, 0.25) is 0 Å². The summed E-state index contributed by atoms with van der Waals surface area (Å²) in [5, 5.41) is 26.5. The Balaban J connectivity index is 2.12. The molecule has 1 aromatic rings. The lowest BCUT2D eigenvalue weighted by Gasteiger charge is -2.23. The van der Waals surface area contributed by atoms with Crippen LogP contribution in [-0.4, -0.2) is 65.5 Å². The number of carboxylic acid groups (broad SMARTS) is 1. The average molecular weight is 358 g/mol. The lowest BCUT2D eigenvalue weighted by Crippen LogP contribution is -2.35. The van der Waals surface area contributed by atoms with Gasteiger partial charge < -0.3 is 24.6 Å². The summed E-state index contributed by atoms with van der Waals surface area (Å²) in [6, 6.07) is 0.0247. The van der Waals surface area contributed by atoms with Gasteiger partial charge in [-0.25, -0.2) is 4.79 Å². The molecule has 1 saturated heterocycles. The van der Waals surface area contributed by atoms with E-state index in [2.05, 4.69) is 10.4 Å². The van der Waals surface area contributed by atoms with Crippen molar-refractivity contribution in [3.05, 3.63) is 15.8 Å². The van der Waals surface area contributed by atoms with Gasteiger partial charge >= 0.3 is 17.7 Å². The Hall–Kier alpha value is -2.40. The van der Waals surface area contributed by atoms with E-state index >= 15 is 0 Å². The fraction of sp³-hybridized carbons (Fsp3) is 0.714. The third-order valence-corrected chi connectivity index (χ3v) is 4.03. The Morgan fingerprint density at radius 2 is 2.24 bits per heavy atom. The summed E-state index contributed by atoms with van der Waals surface area (Å²) in [7, 11) is 1.40. The molecule has 1 aliphatic heterocycles. The first-order chi connectivity index (χ1) is 11.9. The number of rotatable bonds is 8. The first-order valence-electron chi connectivity index (χ1n) is 7.87. The molecule has 1 unspecified atom stereocenters. The molecule has 1 amide bonds. The number of aromatic nitrogens is 2. The molecule has 1 fully saturated rings. The van der Waals surface area contributed by atoms with Gasteiger partial charge in [-0.05, 0) is 19.8 Å². The van der Waals surface area contributed by atoms with E-state index in [0.717, 1.165) is 12.8 Å². The topological polar surface area (TPSA) is 138 Å². The highest BCUT2D eigenvalue weighted by atomic mass is 16.6. The van der Waals surface area contributed by atoms with E-state index in [-0.39, 0.29) is 30.8 Å². The Bertz CT molecular complexity index is 613. The van der Waals surface area contributed by atoms with Crippen molar-refractivity contribution in [1.29, 1.82) is 0 Å². The van der Waals surface area contributed by atoms with Crippen LogP contribution in [0, 0.1) is 17.0 Å². The molecule has 1 aromatic heterocycles. The zero-order chi connectivity index (χ0) is 18.4. The average Bonchev–Trinajstić information content (AvgIpc) is 2.92. The second kappa shape index (κ2) is 8.62. The molecular formula is C14H22N4O7. The second-order valence-electron chi connectivity index (χ2n) is 5.64. The smallest absolute Gasteiger partial charge is 0.404 e. The lowest BCUT2D eigenvalue weighted by molar-refractivity contribution is -0.386. The van der Waals surface area contributed by atoms with Crippen LogP contribution in [-0.2, 0) is 9.47 Å². The van der Waals surface area contributed by atoms with Crippen molar-refractivity contribution in [2.75, 3.05) is 33.5 Å². The Morgan fingerprint density at radius 1 is 1.56 bits per heavy atom. The van der Waals surface area contributed by atoms with Crippen molar-refractivity contribution < 1.29 is 29.0 Å². The Kier molecular flexibility index (Phi) is 6.53. The number of nitrogens with zero attached hydrogens (tertiary/aromatic N) is 3. The van der Waals surface area contributed by atoms with Gasteiger partial charge in [-0.15, -0.1) is 5.10 Å². The van der Waals surface area contributed by atoms with Crippen molar-refractivity contribution in [2.45, 2.75) is 31.9 Å². The highest BCUT2D eigenvalue weighted by Crippen LogP contribution is 2.34. The zero-order valence-electron chi connectivity index (χ0n) is 14.1. The van der Waals surface area contributed by atoms with Gasteiger partial charge in [0.25, 0.3) is 0 Å². The molecule has 0 aliphatic carbocycles. The van der Waals surface area contributed by atoms with E-state index in [1.165, 1.54) is 7.11 Å². The Labute approximate surface area is 144 Å². The van der Waals surface area contributed by atoms with E-state index in [9.17, 15) is 14.9 Å².